The normalized spacial score (nSPS) is 19.6. The van der Waals surface area contributed by atoms with E-state index in [9.17, 15) is 8.78 Å². The zero-order valence-electron chi connectivity index (χ0n) is 10.4. The molecule has 0 amide bonds. The van der Waals surface area contributed by atoms with Gasteiger partial charge in [-0.25, -0.2) is 8.78 Å². The third-order valence-corrected chi connectivity index (χ3v) is 3.50. The van der Waals surface area contributed by atoms with E-state index in [0.29, 0.717) is 11.6 Å². The Kier molecular flexibility index (Phi) is 3.29. The fraction of sp³-hybridized carbons (Fsp3) is 0.357. The van der Waals surface area contributed by atoms with Gasteiger partial charge in [-0.15, -0.1) is 0 Å². The van der Waals surface area contributed by atoms with Gasteiger partial charge in [0, 0.05) is 18.3 Å². The predicted octanol–water partition coefficient (Wildman–Crippen LogP) is 2.75. The maximum absolute atomic E-state index is 13.2. The molecule has 1 saturated heterocycles. The number of aromatic nitrogens is 2. The summed E-state index contributed by atoms with van der Waals surface area (Å²) >= 11 is 0. The molecule has 0 saturated carbocycles. The Labute approximate surface area is 110 Å². The predicted molar refractivity (Wildman–Crippen MR) is 68.7 cm³/mol. The minimum Gasteiger partial charge on any atom is -0.315 e. The van der Waals surface area contributed by atoms with E-state index >= 15 is 0 Å². The molecule has 1 unspecified atom stereocenters. The Morgan fingerprint density at radius 3 is 2.84 bits per heavy atom. The zero-order valence-corrected chi connectivity index (χ0v) is 10.4. The second-order valence-electron chi connectivity index (χ2n) is 4.84. The molecule has 3 rings (SSSR count). The molecule has 1 atom stereocenters. The highest BCUT2D eigenvalue weighted by molar-refractivity contribution is 5.61. The largest absolute Gasteiger partial charge is 0.315 e. The molecular weight excluding hydrogens is 248 g/mol. The van der Waals surface area contributed by atoms with Crippen LogP contribution in [0.15, 0.2) is 30.6 Å². The third kappa shape index (κ3) is 2.51. The zero-order chi connectivity index (χ0) is 13.2. The molecular formula is C14H15F2N3. The second kappa shape index (κ2) is 5.09. The lowest BCUT2D eigenvalue weighted by Gasteiger charge is -2.22. The lowest BCUT2D eigenvalue weighted by molar-refractivity contribution is 0.347. The summed E-state index contributed by atoms with van der Waals surface area (Å²) in [4.78, 5) is 0. The summed E-state index contributed by atoms with van der Waals surface area (Å²) < 4.78 is 28.0. The summed E-state index contributed by atoms with van der Waals surface area (Å²) in [6.07, 6.45) is 5.81. The molecule has 0 bridgehead atoms. The average Bonchev–Trinajstić information content (AvgIpc) is 2.93. The van der Waals surface area contributed by atoms with Gasteiger partial charge in [-0.05, 0) is 37.1 Å². The highest BCUT2D eigenvalue weighted by Crippen LogP contribution is 2.23. The number of hydrogen-bond donors (Lipinski definition) is 1. The molecule has 2 aromatic rings. The highest BCUT2D eigenvalue weighted by Gasteiger charge is 2.16. The molecule has 1 aliphatic rings. The van der Waals surface area contributed by atoms with Crippen LogP contribution in [0.1, 0.15) is 18.9 Å². The number of benzene rings is 1. The lowest BCUT2D eigenvalue weighted by Crippen LogP contribution is -2.31. The monoisotopic (exact) mass is 263 g/mol. The van der Waals surface area contributed by atoms with E-state index in [2.05, 4.69) is 10.4 Å². The van der Waals surface area contributed by atoms with Gasteiger partial charge in [0.25, 0.3) is 0 Å². The van der Waals surface area contributed by atoms with Crippen molar-refractivity contribution < 1.29 is 8.78 Å². The smallest absolute Gasteiger partial charge is 0.159 e. The Morgan fingerprint density at radius 2 is 2.11 bits per heavy atom. The summed E-state index contributed by atoms with van der Waals surface area (Å²) in [6.45, 7) is 1.95. The van der Waals surface area contributed by atoms with Crippen LogP contribution in [0, 0.1) is 11.6 Å². The number of nitrogens with zero attached hydrogens (tertiary/aromatic N) is 2. The van der Waals surface area contributed by atoms with Crippen molar-refractivity contribution in [2.24, 2.45) is 0 Å². The van der Waals surface area contributed by atoms with Crippen LogP contribution >= 0.6 is 0 Å². The molecule has 3 nitrogen and oxygen atoms in total. The minimum atomic E-state index is -0.829. The molecule has 1 fully saturated rings. The SMILES string of the molecule is Fc1ccc(-c2cnn(C3CCCNC3)c2)cc1F. The number of rotatable bonds is 2. The Balaban J connectivity index is 1.85. The van der Waals surface area contributed by atoms with Gasteiger partial charge in [0.1, 0.15) is 0 Å². The van der Waals surface area contributed by atoms with Crippen LogP contribution in [0.4, 0.5) is 8.78 Å². The highest BCUT2D eigenvalue weighted by atomic mass is 19.2. The number of hydrogen-bond acceptors (Lipinski definition) is 2. The van der Waals surface area contributed by atoms with Crippen LogP contribution in [0.3, 0.4) is 0 Å². The van der Waals surface area contributed by atoms with Crippen LogP contribution in [-0.2, 0) is 0 Å². The first kappa shape index (κ1) is 12.3. The Bertz CT molecular complexity index is 574. The standard InChI is InChI=1S/C14H15F2N3/c15-13-4-3-10(6-14(13)16)11-7-18-19(9-11)12-2-1-5-17-8-12/h3-4,6-7,9,12,17H,1-2,5,8H2. The molecule has 1 N–H and O–H groups in total. The van der Waals surface area contributed by atoms with Crippen molar-refractivity contribution in [1.82, 2.24) is 15.1 Å². The van der Waals surface area contributed by atoms with Gasteiger partial charge in [-0.2, -0.15) is 5.10 Å². The molecule has 19 heavy (non-hydrogen) atoms. The van der Waals surface area contributed by atoms with E-state index in [-0.39, 0.29) is 0 Å². The fourth-order valence-electron chi connectivity index (χ4n) is 2.42. The van der Waals surface area contributed by atoms with E-state index < -0.39 is 11.6 Å². The van der Waals surface area contributed by atoms with Gasteiger partial charge in [-0.3, -0.25) is 4.68 Å². The number of piperidine rings is 1. The van der Waals surface area contributed by atoms with Crippen LogP contribution < -0.4 is 5.32 Å². The van der Waals surface area contributed by atoms with E-state index in [0.717, 1.165) is 37.6 Å². The first-order valence-corrected chi connectivity index (χ1v) is 6.44. The quantitative estimate of drug-likeness (QED) is 0.903. The van der Waals surface area contributed by atoms with Crippen molar-refractivity contribution in [2.45, 2.75) is 18.9 Å². The molecule has 2 heterocycles. The topological polar surface area (TPSA) is 29.9 Å². The summed E-state index contributed by atoms with van der Waals surface area (Å²) in [7, 11) is 0. The van der Waals surface area contributed by atoms with Gasteiger partial charge in [0.2, 0.25) is 0 Å². The Morgan fingerprint density at radius 1 is 1.21 bits per heavy atom. The van der Waals surface area contributed by atoms with E-state index in [1.54, 1.807) is 12.3 Å². The summed E-state index contributed by atoms with van der Waals surface area (Å²) in [5.41, 5.74) is 1.46. The summed E-state index contributed by atoms with van der Waals surface area (Å²) in [5.74, 6) is -1.66. The van der Waals surface area contributed by atoms with Crippen molar-refractivity contribution in [2.75, 3.05) is 13.1 Å². The van der Waals surface area contributed by atoms with Crippen LogP contribution in [0.25, 0.3) is 11.1 Å². The van der Waals surface area contributed by atoms with Crippen molar-refractivity contribution in [3.63, 3.8) is 0 Å². The van der Waals surface area contributed by atoms with Gasteiger partial charge >= 0.3 is 0 Å². The Hall–Kier alpha value is -1.75. The average molecular weight is 263 g/mol. The first-order chi connectivity index (χ1) is 9.24. The second-order valence-corrected chi connectivity index (χ2v) is 4.84. The molecule has 1 aliphatic heterocycles. The maximum atomic E-state index is 13.2. The molecule has 0 aliphatic carbocycles. The van der Waals surface area contributed by atoms with E-state index in [4.69, 9.17) is 0 Å². The van der Waals surface area contributed by atoms with Crippen molar-refractivity contribution in [1.29, 1.82) is 0 Å². The maximum Gasteiger partial charge on any atom is 0.159 e. The van der Waals surface area contributed by atoms with Crippen LogP contribution in [0.5, 0.6) is 0 Å². The third-order valence-electron chi connectivity index (χ3n) is 3.50. The number of halogens is 2. The fourth-order valence-corrected chi connectivity index (χ4v) is 2.42. The van der Waals surface area contributed by atoms with E-state index in [1.165, 1.54) is 6.07 Å². The summed E-state index contributed by atoms with van der Waals surface area (Å²) in [5, 5.41) is 7.66. The molecule has 0 spiro atoms. The summed E-state index contributed by atoms with van der Waals surface area (Å²) in [6, 6.07) is 4.26. The minimum absolute atomic E-state index is 0.341. The van der Waals surface area contributed by atoms with E-state index in [1.807, 2.05) is 10.9 Å². The molecule has 0 radical (unpaired) electrons. The van der Waals surface area contributed by atoms with Crippen molar-refractivity contribution in [3.8, 4) is 11.1 Å². The molecule has 100 valence electrons. The molecule has 5 heteroatoms. The van der Waals surface area contributed by atoms with Crippen molar-refractivity contribution >= 4 is 0 Å². The lowest BCUT2D eigenvalue weighted by atomic mass is 10.1. The first-order valence-electron chi connectivity index (χ1n) is 6.44. The van der Waals surface area contributed by atoms with Crippen LogP contribution in [0.2, 0.25) is 0 Å². The molecule has 1 aromatic heterocycles. The van der Waals surface area contributed by atoms with Crippen LogP contribution in [-0.4, -0.2) is 22.9 Å². The number of nitrogens with one attached hydrogen (secondary N) is 1. The van der Waals surface area contributed by atoms with Gasteiger partial charge in [0.05, 0.1) is 12.2 Å². The van der Waals surface area contributed by atoms with Gasteiger partial charge in [-0.1, -0.05) is 6.07 Å². The van der Waals surface area contributed by atoms with Crippen molar-refractivity contribution in [3.05, 3.63) is 42.2 Å². The van der Waals surface area contributed by atoms with Gasteiger partial charge < -0.3 is 5.32 Å². The molecule has 1 aromatic carbocycles. The van der Waals surface area contributed by atoms with Gasteiger partial charge in [0.15, 0.2) is 11.6 Å².